The van der Waals surface area contributed by atoms with E-state index < -0.39 is 0 Å². The maximum absolute atomic E-state index is 6.09. The number of nitrogen functional groups attached to an aromatic ring is 1. The molecule has 1 aromatic heterocycles. The predicted octanol–water partition coefficient (Wildman–Crippen LogP) is 4.62. The maximum atomic E-state index is 6.09. The lowest BCUT2D eigenvalue weighted by Crippen LogP contribution is -1.90. The molecular weight excluding hydrogens is 308 g/mol. The van der Waals surface area contributed by atoms with Crippen molar-refractivity contribution in [1.82, 2.24) is 4.98 Å². The monoisotopic (exact) mass is 318 g/mol. The Morgan fingerprint density at radius 2 is 2.06 bits per heavy atom. The zero-order valence-corrected chi connectivity index (χ0v) is 12.2. The normalized spacial score (nSPS) is 11.0. The third-order valence-electron chi connectivity index (χ3n) is 2.83. The standard InChI is InChI=1S/C14H11BrN2S/c1-8-5-6-11-12(7-8)18-14(17-11)9-3-2-4-10(15)13(9)16/h2-7H,16H2,1H3. The van der Waals surface area contributed by atoms with E-state index >= 15 is 0 Å². The van der Waals surface area contributed by atoms with Crippen LogP contribution in [0.3, 0.4) is 0 Å². The van der Waals surface area contributed by atoms with Gasteiger partial charge in [0.05, 0.1) is 15.9 Å². The van der Waals surface area contributed by atoms with Crippen molar-refractivity contribution >= 4 is 43.2 Å². The van der Waals surface area contributed by atoms with Gasteiger partial charge in [-0.15, -0.1) is 11.3 Å². The van der Waals surface area contributed by atoms with Crippen LogP contribution in [0.25, 0.3) is 20.8 Å². The Bertz CT molecular complexity index is 734. The molecule has 0 fully saturated rings. The topological polar surface area (TPSA) is 38.9 Å². The molecule has 0 amide bonds. The number of aromatic nitrogens is 1. The Labute approximate surface area is 118 Å². The first kappa shape index (κ1) is 11.7. The van der Waals surface area contributed by atoms with Crippen LogP contribution < -0.4 is 5.73 Å². The number of benzene rings is 2. The van der Waals surface area contributed by atoms with Crippen molar-refractivity contribution in [3.05, 3.63) is 46.4 Å². The summed E-state index contributed by atoms with van der Waals surface area (Å²) < 4.78 is 2.11. The molecule has 90 valence electrons. The summed E-state index contributed by atoms with van der Waals surface area (Å²) in [4.78, 5) is 4.64. The lowest BCUT2D eigenvalue weighted by atomic mass is 10.2. The summed E-state index contributed by atoms with van der Waals surface area (Å²) in [5.41, 5.74) is 10.1. The summed E-state index contributed by atoms with van der Waals surface area (Å²) in [5, 5.41) is 0.967. The van der Waals surface area contributed by atoms with Gasteiger partial charge in [-0.1, -0.05) is 12.1 Å². The molecule has 4 heteroatoms. The van der Waals surface area contributed by atoms with E-state index in [0.717, 1.165) is 26.2 Å². The molecular formula is C14H11BrN2S. The minimum Gasteiger partial charge on any atom is -0.397 e. The quantitative estimate of drug-likeness (QED) is 0.665. The summed E-state index contributed by atoms with van der Waals surface area (Å²) in [6.45, 7) is 2.09. The highest BCUT2D eigenvalue weighted by molar-refractivity contribution is 9.10. The molecule has 0 aliphatic heterocycles. The third-order valence-corrected chi connectivity index (χ3v) is 4.57. The van der Waals surface area contributed by atoms with E-state index in [1.54, 1.807) is 11.3 Å². The van der Waals surface area contributed by atoms with Crippen molar-refractivity contribution in [2.24, 2.45) is 0 Å². The molecule has 18 heavy (non-hydrogen) atoms. The van der Waals surface area contributed by atoms with Gasteiger partial charge in [0.1, 0.15) is 5.01 Å². The van der Waals surface area contributed by atoms with Crippen molar-refractivity contribution < 1.29 is 0 Å². The van der Waals surface area contributed by atoms with Crippen LogP contribution in [0.5, 0.6) is 0 Å². The number of aryl methyl sites for hydroxylation is 1. The van der Waals surface area contributed by atoms with Crippen LogP contribution in [0.15, 0.2) is 40.9 Å². The minimum atomic E-state index is 0.744. The van der Waals surface area contributed by atoms with E-state index in [9.17, 15) is 0 Å². The van der Waals surface area contributed by atoms with Crippen molar-refractivity contribution in [3.8, 4) is 10.6 Å². The number of thiazole rings is 1. The second-order valence-electron chi connectivity index (χ2n) is 4.19. The zero-order valence-electron chi connectivity index (χ0n) is 9.77. The molecule has 0 bridgehead atoms. The van der Waals surface area contributed by atoms with E-state index in [1.165, 1.54) is 10.3 Å². The zero-order chi connectivity index (χ0) is 12.7. The summed E-state index contributed by atoms with van der Waals surface area (Å²) >= 11 is 5.13. The van der Waals surface area contributed by atoms with E-state index in [2.05, 4.69) is 46.0 Å². The first-order valence-corrected chi connectivity index (χ1v) is 7.17. The van der Waals surface area contributed by atoms with E-state index in [4.69, 9.17) is 5.73 Å². The molecule has 2 N–H and O–H groups in total. The highest BCUT2D eigenvalue weighted by atomic mass is 79.9. The number of hydrogen-bond donors (Lipinski definition) is 1. The van der Waals surface area contributed by atoms with Crippen LogP contribution in [-0.2, 0) is 0 Å². The second-order valence-corrected chi connectivity index (χ2v) is 6.08. The Morgan fingerprint density at radius 1 is 1.22 bits per heavy atom. The maximum Gasteiger partial charge on any atom is 0.126 e. The second kappa shape index (κ2) is 4.37. The number of rotatable bonds is 1. The number of nitrogens with two attached hydrogens (primary N) is 1. The Morgan fingerprint density at radius 3 is 2.89 bits per heavy atom. The number of fused-ring (bicyclic) bond motifs is 1. The van der Waals surface area contributed by atoms with Gasteiger partial charge in [0.2, 0.25) is 0 Å². The van der Waals surface area contributed by atoms with Gasteiger partial charge >= 0.3 is 0 Å². The SMILES string of the molecule is Cc1ccc2nc(-c3cccc(Br)c3N)sc2c1. The van der Waals surface area contributed by atoms with E-state index in [-0.39, 0.29) is 0 Å². The van der Waals surface area contributed by atoms with Crippen LogP contribution in [0, 0.1) is 6.92 Å². The number of halogens is 1. The fourth-order valence-electron chi connectivity index (χ4n) is 1.87. The lowest BCUT2D eigenvalue weighted by molar-refractivity contribution is 1.45. The van der Waals surface area contributed by atoms with Gasteiger partial charge in [0.15, 0.2) is 0 Å². The molecule has 0 aliphatic rings. The van der Waals surface area contributed by atoms with Crippen LogP contribution >= 0.6 is 27.3 Å². The molecule has 0 spiro atoms. The molecule has 2 nitrogen and oxygen atoms in total. The Hall–Kier alpha value is -1.39. The minimum absolute atomic E-state index is 0.744. The van der Waals surface area contributed by atoms with Gasteiger partial charge in [-0.25, -0.2) is 4.98 Å². The predicted molar refractivity (Wildman–Crippen MR) is 81.9 cm³/mol. The van der Waals surface area contributed by atoms with Gasteiger partial charge in [0, 0.05) is 10.0 Å². The molecule has 0 saturated carbocycles. The molecule has 0 saturated heterocycles. The molecule has 0 radical (unpaired) electrons. The fraction of sp³-hybridized carbons (Fsp3) is 0.0714. The van der Waals surface area contributed by atoms with Gasteiger partial charge in [0.25, 0.3) is 0 Å². The fourth-order valence-corrected chi connectivity index (χ4v) is 3.34. The van der Waals surface area contributed by atoms with Crippen LogP contribution in [0.2, 0.25) is 0 Å². The van der Waals surface area contributed by atoms with Gasteiger partial charge < -0.3 is 5.73 Å². The summed E-state index contributed by atoms with van der Waals surface area (Å²) in [6, 6.07) is 12.2. The molecule has 0 aliphatic carbocycles. The van der Waals surface area contributed by atoms with E-state index in [1.807, 2.05) is 18.2 Å². The smallest absolute Gasteiger partial charge is 0.126 e. The first-order valence-electron chi connectivity index (χ1n) is 5.57. The molecule has 1 heterocycles. The van der Waals surface area contributed by atoms with E-state index in [0.29, 0.717) is 0 Å². The number of hydrogen-bond acceptors (Lipinski definition) is 3. The van der Waals surface area contributed by atoms with Crippen LogP contribution in [-0.4, -0.2) is 4.98 Å². The van der Waals surface area contributed by atoms with Crippen LogP contribution in [0.1, 0.15) is 5.56 Å². The Kier molecular flexibility index (Phi) is 2.84. The molecule has 2 aromatic carbocycles. The van der Waals surface area contributed by atoms with Gasteiger partial charge in [-0.05, 0) is 52.7 Å². The average Bonchev–Trinajstić information content (AvgIpc) is 2.75. The van der Waals surface area contributed by atoms with Gasteiger partial charge in [-0.3, -0.25) is 0 Å². The number of nitrogens with zero attached hydrogens (tertiary/aromatic N) is 1. The first-order chi connectivity index (χ1) is 8.65. The molecule has 3 aromatic rings. The summed E-state index contributed by atoms with van der Waals surface area (Å²) in [5.74, 6) is 0. The molecule has 3 rings (SSSR count). The van der Waals surface area contributed by atoms with Crippen molar-refractivity contribution in [3.63, 3.8) is 0 Å². The largest absolute Gasteiger partial charge is 0.397 e. The molecule has 0 atom stereocenters. The summed E-state index contributed by atoms with van der Waals surface area (Å²) in [6.07, 6.45) is 0. The lowest BCUT2D eigenvalue weighted by Gasteiger charge is -2.03. The van der Waals surface area contributed by atoms with Crippen molar-refractivity contribution in [1.29, 1.82) is 0 Å². The Balaban J connectivity index is 2.22. The average molecular weight is 319 g/mol. The summed E-state index contributed by atoms with van der Waals surface area (Å²) in [7, 11) is 0. The number of anilines is 1. The third kappa shape index (κ3) is 1.91. The van der Waals surface area contributed by atoms with Crippen molar-refractivity contribution in [2.45, 2.75) is 6.92 Å². The van der Waals surface area contributed by atoms with Crippen LogP contribution in [0.4, 0.5) is 5.69 Å². The number of para-hydroxylation sites is 1. The highest BCUT2D eigenvalue weighted by Gasteiger charge is 2.10. The molecule has 0 unspecified atom stereocenters. The highest BCUT2D eigenvalue weighted by Crippen LogP contribution is 2.36. The van der Waals surface area contributed by atoms with Gasteiger partial charge in [-0.2, -0.15) is 0 Å². The van der Waals surface area contributed by atoms with Crippen molar-refractivity contribution in [2.75, 3.05) is 5.73 Å².